The maximum Gasteiger partial charge on any atom is 0.276 e. The van der Waals surface area contributed by atoms with Gasteiger partial charge in [-0.05, 0) is 37.3 Å². The lowest BCUT2D eigenvalue weighted by Gasteiger charge is -2.41. The van der Waals surface area contributed by atoms with Gasteiger partial charge in [-0.3, -0.25) is 14.9 Å². The first-order valence-electron chi connectivity index (χ1n) is 9.20. The van der Waals surface area contributed by atoms with Crippen LogP contribution in [0.1, 0.15) is 47.3 Å². The number of nitrogens with one attached hydrogen (secondary N) is 1. The molecular weight excluding hydrogens is 344 g/mol. The summed E-state index contributed by atoms with van der Waals surface area (Å²) >= 11 is 0. The highest BCUT2D eigenvalue weighted by Crippen LogP contribution is 2.55. The number of aromatic nitrogens is 5. The van der Waals surface area contributed by atoms with Gasteiger partial charge >= 0.3 is 0 Å². The lowest BCUT2D eigenvalue weighted by atomic mass is 9.62. The van der Waals surface area contributed by atoms with Gasteiger partial charge in [0.1, 0.15) is 11.6 Å². The van der Waals surface area contributed by atoms with Crippen LogP contribution < -0.4 is 0 Å². The predicted octanol–water partition coefficient (Wildman–Crippen LogP) is 2.57. The minimum atomic E-state index is -0.0745. The average molecular weight is 364 g/mol. The molecule has 138 valence electrons. The summed E-state index contributed by atoms with van der Waals surface area (Å²) in [6.07, 6.45) is 6.85. The molecule has 1 spiro atoms. The highest BCUT2D eigenvalue weighted by Gasteiger charge is 2.53. The minimum Gasteiger partial charge on any atom is -0.361 e. The Balaban J connectivity index is 1.42. The Labute approximate surface area is 156 Å². The van der Waals surface area contributed by atoms with Gasteiger partial charge in [-0.1, -0.05) is 11.6 Å². The van der Waals surface area contributed by atoms with Crippen molar-refractivity contribution in [3.63, 3.8) is 0 Å². The molecule has 3 aromatic rings. The lowest BCUT2D eigenvalue weighted by Crippen LogP contribution is -2.38. The predicted molar refractivity (Wildman–Crippen MR) is 95.8 cm³/mol. The van der Waals surface area contributed by atoms with Crippen molar-refractivity contribution in [2.24, 2.45) is 5.41 Å². The number of aromatic amines is 1. The fraction of sp³-hybridized carbons (Fsp3) is 0.421. The zero-order valence-corrected chi connectivity index (χ0v) is 15.1. The Morgan fingerprint density at radius 1 is 1.33 bits per heavy atom. The summed E-state index contributed by atoms with van der Waals surface area (Å²) < 4.78 is 5.07. The summed E-state index contributed by atoms with van der Waals surface area (Å²) in [5, 5.41) is 11.4. The number of nitrogens with zero attached hydrogens (tertiary/aromatic N) is 5. The zero-order valence-electron chi connectivity index (χ0n) is 15.1. The molecule has 5 rings (SSSR count). The first-order chi connectivity index (χ1) is 13.1. The summed E-state index contributed by atoms with van der Waals surface area (Å²) in [7, 11) is 0. The summed E-state index contributed by atoms with van der Waals surface area (Å²) in [4.78, 5) is 23.5. The zero-order chi connectivity index (χ0) is 18.4. The highest BCUT2D eigenvalue weighted by atomic mass is 16.5. The van der Waals surface area contributed by atoms with E-state index in [9.17, 15) is 4.79 Å². The summed E-state index contributed by atoms with van der Waals surface area (Å²) in [5.74, 6) is 2.25. The van der Waals surface area contributed by atoms with E-state index >= 15 is 0 Å². The van der Waals surface area contributed by atoms with Crippen molar-refractivity contribution in [2.75, 3.05) is 13.1 Å². The van der Waals surface area contributed by atoms with E-state index in [1.54, 1.807) is 25.4 Å². The van der Waals surface area contributed by atoms with E-state index in [0.717, 1.165) is 30.8 Å². The van der Waals surface area contributed by atoms with E-state index in [0.29, 0.717) is 23.8 Å². The van der Waals surface area contributed by atoms with Crippen LogP contribution in [0, 0.1) is 12.3 Å². The second-order valence-electron chi connectivity index (χ2n) is 7.56. The van der Waals surface area contributed by atoms with Gasteiger partial charge in [0.2, 0.25) is 0 Å². The molecule has 8 heteroatoms. The average Bonchev–Trinajstić information content (AvgIpc) is 3.38. The van der Waals surface area contributed by atoms with E-state index in [1.165, 1.54) is 6.42 Å². The topological polar surface area (TPSA) is 101 Å². The van der Waals surface area contributed by atoms with Crippen molar-refractivity contribution in [1.82, 2.24) is 30.2 Å². The molecule has 1 amide bonds. The standard InChI is InChI=1S/C19H20N6O2/c1-12-9-15(24-27-12)18(26)25-10-14(19(11-25)5-2-6-19)17-21-16(22-23-17)13-3-7-20-8-4-13/h3-4,7-9,14H,2,5-6,10-11H2,1H3,(H,21,22,23). The molecule has 3 aromatic heterocycles. The molecule has 4 heterocycles. The normalized spacial score (nSPS) is 20.8. The molecule has 8 nitrogen and oxygen atoms in total. The molecule has 1 saturated carbocycles. The second kappa shape index (κ2) is 6.00. The quantitative estimate of drug-likeness (QED) is 0.766. The van der Waals surface area contributed by atoms with Gasteiger partial charge in [0.05, 0.1) is 0 Å². The molecular formula is C19H20N6O2. The van der Waals surface area contributed by atoms with E-state index < -0.39 is 0 Å². The monoisotopic (exact) mass is 364 g/mol. The number of hydrogen-bond donors (Lipinski definition) is 1. The van der Waals surface area contributed by atoms with Crippen LogP contribution in [0.4, 0.5) is 0 Å². The molecule has 1 saturated heterocycles. The Kier molecular flexibility index (Phi) is 3.60. The number of hydrogen-bond acceptors (Lipinski definition) is 6. The van der Waals surface area contributed by atoms with E-state index in [-0.39, 0.29) is 17.2 Å². The molecule has 0 radical (unpaired) electrons. The minimum absolute atomic E-state index is 0.0745. The lowest BCUT2D eigenvalue weighted by molar-refractivity contribution is 0.0714. The van der Waals surface area contributed by atoms with E-state index in [4.69, 9.17) is 9.51 Å². The van der Waals surface area contributed by atoms with E-state index in [1.807, 2.05) is 17.0 Å². The van der Waals surface area contributed by atoms with Crippen LogP contribution in [0.3, 0.4) is 0 Å². The van der Waals surface area contributed by atoms with Gasteiger partial charge in [-0.25, -0.2) is 4.98 Å². The van der Waals surface area contributed by atoms with Crippen LogP contribution in [0.5, 0.6) is 0 Å². The Morgan fingerprint density at radius 2 is 2.15 bits per heavy atom. The molecule has 1 aliphatic carbocycles. The summed E-state index contributed by atoms with van der Waals surface area (Å²) in [5.41, 5.74) is 1.39. The molecule has 27 heavy (non-hydrogen) atoms. The number of amides is 1. The largest absolute Gasteiger partial charge is 0.361 e. The molecule has 1 N–H and O–H groups in total. The van der Waals surface area contributed by atoms with Crippen LogP contribution in [-0.4, -0.2) is 49.2 Å². The molecule has 1 unspecified atom stereocenters. The molecule has 1 aliphatic heterocycles. The number of likely N-dealkylation sites (tertiary alicyclic amines) is 1. The Hall–Kier alpha value is -3.03. The number of rotatable bonds is 3. The molecule has 0 aromatic carbocycles. The molecule has 2 aliphatic rings. The van der Waals surface area contributed by atoms with Crippen LogP contribution in [0.15, 0.2) is 35.1 Å². The van der Waals surface area contributed by atoms with Gasteiger partial charge < -0.3 is 9.42 Å². The number of H-pyrrole nitrogens is 1. The maximum absolute atomic E-state index is 12.8. The third-order valence-electron chi connectivity index (χ3n) is 5.90. The van der Waals surface area contributed by atoms with Gasteiger partial charge in [0, 0.05) is 43.0 Å². The smallest absolute Gasteiger partial charge is 0.276 e. The number of carbonyl (C=O) groups is 1. The SMILES string of the molecule is Cc1cc(C(=O)N2CC(c3nc(-c4ccncc4)n[nH]3)C3(CCC3)C2)no1. The summed E-state index contributed by atoms with van der Waals surface area (Å²) in [6.45, 7) is 3.14. The second-order valence-corrected chi connectivity index (χ2v) is 7.56. The van der Waals surface area contributed by atoms with Crippen LogP contribution in [0.25, 0.3) is 11.4 Å². The van der Waals surface area contributed by atoms with Crippen LogP contribution in [-0.2, 0) is 0 Å². The van der Waals surface area contributed by atoms with Crippen molar-refractivity contribution >= 4 is 5.91 Å². The summed E-state index contributed by atoms with van der Waals surface area (Å²) in [6, 6.07) is 5.48. The van der Waals surface area contributed by atoms with Crippen molar-refractivity contribution < 1.29 is 9.32 Å². The van der Waals surface area contributed by atoms with Crippen LogP contribution in [0.2, 0.25) is 0 Å². The van der Waals surface area contributed by atoms with Crippen molar-refractivity contribution in [2.45, 2.75) is 32.1 Å². The van der Waals surface area contributed by atoms with Gasteiger partial charge in [-0.2, -0.15) is 5.10 Å². The van der Waals surface area contributed by atoms with Crippen molar-refractivity contribution in [3.8, 4) is 11.4 Å². The van der Waals surface area contributed by atoms with Crippen molar-refractivity contribution in [3.05, 3.63) is 47.9 Å². The Morgan fingerprint density at radius 3 is 2.81 bits per heavy atom. The number of carbonyl (C=O) groups excluding carboxylic acids is 1. The molecule has 2 fully saturated rings. The molecule has 0 bridgehead atoms. The molecule has 1 atom stereocenters. The Bertz CT molecular complexity index is 975. The van der Waals surface area contributed by atoms with Crippen LogP contribution >= 0.6 is 0 Å². The van der Waals surface area contributed by atoms with Gasteiger partial charge in [0.25, 0.3) is 5.91 Å². The fourth-order valence-corrected chi connectivity index (χ4v) is 4.33. The van der Waals surface area contributed by atoms with Gasteiger partial charge in [0.15, 0.2) is 11.5 Å². The highest BCUT2D eigenvalue weighted by molar-refractivity contribution is 5.92. The third-order valence-corrected chi connectivity index (χ3v) is 5.90. The fourth-order valence-electron chi connectivity index (χ4n) is 4.33. The number of aryl methyl sites for hydroxylation is 1. The van der Waals surface area contributed by atoms with Gasteiger partial charge in [-0.15, -0.1) is 0 Å². The van der Waals surface area contributed by atoms with Crippen molar-refractivity contribution in [1.29, 1.82) is 0 Å². The van der Waals surface area contributed by atoms with E-state index in [2.05, 4.69) is 20.3 Å². The number of pyridine rings is 1. The first kappa shape index (κ1) is 16.2. The first-order valence-corrected chi connectivity index (χ1v) is 9.20. The third kappa shape index (κ3) is 2.63. The maximum atomic E-state index is 12.8.